The number of rotatable bonds is 7. The van der Waals surface area contributed by atoms with Crippen molar-refractivity contribution in [3.05, 3.63) is 108 Å². The lowest BCUT2D eigenvalue weighted by Gasteiger charge is -2.20. The van der Waals surface area contributed by atoms with E-state index in [1.807, 2.05) is 12.1 Å². The number of pyridine rings is 3. The lowest BCUT2D eigenvalue weighted by atomic mass is 9.87. The predicted molar refractivity (Wildman–Crippen MR) is 121 cm³/mol. The zero-order valence-electron chi connectivity index (χ0n) is 17.3. The minimum absolute atomic E-state index is 0.179. The van der Waals surface area contributed by atoms with Crippen molar-refractivity contribution in [1.29, 1.82) is 0 Å². The molecule has 0 amide bonds. The van der Waals surface area contributed by atoms with Crippen molar-refractivity contribution in [3.63, 3.8) is 0 Å². The van der Waals surface area contributed by atoms with Crippen LogP contribution in [-0.4, -0.2) is 29.6 Å². The highest BCUT2D eigenvalue weighted by Gasteiger charge is 2.22. The number of halogens is 1. The maximum absolute atomic E-state index is 14.6. The maximum atomic E-state index is 14.6. The molecule has 32 heavy (non-hydrogen) atoms. The zero-order valence-corrected chi connectivity index (χ0v) is 18.1. The molecule has 1 unspecified atom stereocenters. The van der Waals surface area contributed by atoms with Crippen LogP contribution in [0.4, 0.5) is 15.9 Å². The molecule has 0 aliphatic heterocycles. The van der Waals surface area contributed by atoms with Gasteiger partial charge in [-0.05, 0) is 47.9 Å². The molecule has 0 spiro atoms. The van der Waals surface area contributed by atoms with E-state index in [-0.39, 0.29) is 10.8 Å². The number of aromatic nitrogens is 3. The lowest BCUT2D eigenvalue weighted by molar-refractivity contribution is 0.554. The van der Waals surface area contributed by atoms with Crippen LogP contribution in [-0.2, 0) is 16.3 Å². The van der Waals surface area contributed by atoms with Gasteiger partial charge in [-0.3, -0.25) is 4.98 Å². The summed E-state index contributed by atoms with van der Waals surface area (Å²) >= 11 is 0. The van der Waals surface area contributed by atoms with Crippen LogP contribution in [0.3, 0.4) is 0 Å². The Hall–Kier alpha value is -3.65. The minimum atomic E-state index is -3.44. The number of hydrogen-bond acceptors (Lipinski definition) is 6. The fourth-order valence-electron chi connectivity index (χ4n) is 3.60. The second-order valence-corrected chi connectivity index (χ2v) is 9.32. The normalized spacial score (nSPS) is 12.3. The Labute approximate surface area is 186 Å². The van der Waals surface area contributed by atoms with E-state index in [1.54, 1.807) is 67.1 Å². The molecule has 3 aromatic heterocycles. The van der Waals surface area contributed by atoms with E-state index in [9.17, 15) is 12.8 Å². The Morgan fingerprint density at radius 2 is 1.69 bits per heavy atom. The van der Waals surface area contributed by atoms with Crippen molar-refractivity contribution in [2.75, 3.05) is 11.6 Å². The Bertz CT molecular complexity index is 1330. The summed E-state index contributed by atoms with van der Waals surface area (Å²) in [6, 6.07) is 17.5. The molecule has 0 aliphatic carbocycles. The van der Waals surface area contributed by atoms with Crippen molar-refractivity contribution in [1.82, 2.24) is 15.0 Å². The Kier molecular flexibility index (Phi) is 6.23. The fourth-order valence-corrected chi connectivity index (χ4v) is 4.45. The molecule has 3 heterocycles. The standard InChI is InChI=1S/C24H21FN4O2S/c1-32(30,31)22-11-3-2-10-21(22)29-24-17(7-5-14-28-24)15-20(18-8-4-12-26-16-18)19-9-6-13-27-23(19)25/h2-14,16,20H,15H2,1H3,(H,28,29). The average Bonchev–Trinajstić information content (AvgIpc) is 2.79. The van der Waals surface area contributed by atoms with E-state index in [2.05, 4.69) is 20.3 Å². The lowest BCUT2D eigenvalue weighted by Crippen LogP contribution is -2.11. The Morgan fingerprint density at radius 3 is 2.44 bits per heavy atom. The van der Waals surface area contributed by atoms with Crippen LogP contribution in [0.15, 0.2) is 90.3 Å². The van der Waals surface area contributed by atoms with Crippen LogP contribution in [0.5, 0.6) is 0 Å². The topological polar surface area (TPSA) is 84.8 Å². The van der Waals surface area contributed by atoms with Crippen molar-refractivity contribution >= 4 is 21.3 Å². The van der Waals surface area contributed by atoms with Crippen LogP contribution in [0.25, 0.3) is 0 Å². The minimum Gasteiger partial charge on any atom is -0.339 e. The number of anilines is 2. The first-order valence-corrected chi connectivity index (χ1v) is 11.8. The maximum Gasteiger partial charge on any atom is 0.216 e. The van der Waals surface area contributed by atoms with Gasteiger partial charge >= 0.3 is 0 Å². The Balaban J connectivity index is 1.74. The van der Waals surface area contributed by atoms with E-state index in [4.69, 9.17) is 0 Å². The van der Waals surface area contributed by atoms with Crippen LogP contribution in [0, 0.1) is 5.95 Å². The summed E-state index contributed by atoms with van der Waals surface area (Å²) in [5, 5.41) is 3.16. The molecule has 0 fully saturated rings. The van der Waals surface area contributed by atoms with Crippen molar-refractivity contribution in [2.45, 2.75) is 17.2 Å². The molecule has 0 aliphatic rings. The first kappa shape index (κ1) is 21.6. The molecule has 8 heteroatoms. The van der Waals surface area contributed by atoms with Crippen LogP contribution >= 0.6 is 0 Å². The monoisotopic (exact) mass is 448 g/mol. The highest BCUT2D eigenvalue weighted by molar-refractivity contribution is 7.90. The number of nitrogens with zero attached hydrogens (tertiary/aromatic N) is 3. The van der Waals surface area contributed by atoms with Crippen LogP contribution in [0.2, 0.25) is 0 Å². The van der Waals surface area contributed by atoms with E-state index < -0.39 is 15.8 Å². The van der Waals surface area contributed by atoms with E-state index in [1.165, 1.54) is 6.20 Å². The molecule has 162 valence electrons. The van der Waals surface area contributed by atoms with E-state index in [0.717, 1.165) is 17.4 Å². The molecule has 1 N–H and O–H groups in total. The third-order valence-corrected chi connectivity index (χ3v) is 6.26. The van der Waals surface area contributed by atoms with Gasteiger partial charge in [0.1, 0.15) is 5.82 Å². The fraction of sp³-hybridized carbons (Fsp3) is 0.125. The molecule has 0 saturated carbocycles. The second kappa shape index (κ2) is 9.23. The van der Waals surface area contributed by atoms with Crippen molar-refractivity contribution in [3.8, 4) is 0 Å². The van der Waals surface area contributed by atoms with Gasteiger partial charge < -0.3 is 5.32 Å². The SMILES string of the molecule is CS(=O)(=O)c1ccccc1Nc1ncccc1CC(c1cccnc1)c1cccnc1F. The van der Waals surface area contributed by atoms with Gasteiger partial charge in [-0.15, -0.1) is 0 Å². The van der Waals surface area contributed by atoms with Gasteiger partial charge in [0.05, 0.1) is 10.6 Å². The third kappa shape index (κ3) is 4.81. The van der Waals surface area contributed by atoms with Gasteiger partial charge in [0.2, 0.25) is 5.95 Å². The molecule has 6 nitrogen and oxygen atoms in total. The largest absolute Gasteiger partial charge is 0.339 e. The number of sulfone groups is 1. The van der Waals surface area contributed by atoms with Gasteiger partial charge in [-0.25, -0.2) is 18.4 Å². The van der Waals surface area contributed by atoms with Gasteiger partial charge in [-0.2, -0.15) is 4.39 Å². The van der Waals surface area contributed by atoms with E-state index in [0.29, 0.717) is 23.5 Å². The number of benzene rings is 1. The summed E-state index contributed by atoms with van der Waals surface area (Å²) in [6.45, 7) is 0. The highest BCUT2D eigenvalue weighted by atomic mass is 32.2. The summed E-state index contributed by atoms with van der Waals surface area (Å²) in [4.78, 5) is 12.6. The van der Waals surface area contributed by atoms with Gasteiger partial charge in [0, 0.05) is 42.5 Å². The highest BCUT2D eigenvalue weighted by Crippen LogP contribution is 2.32. The molecule has 1 aromatic carbocycles. The summed E-state index contributed by atoms with van der Waals surface area (Å²) in [5.74, 6) is -0.392. The summed E-state index contributed by atoms with van der Waals surface area (Å²) < 4.78 is 39.0. The molecule has 0 radical (unpaired) electrons. The van der Waals surface area contributed by atoms with Gasteiger partial charge in [0.15, 0.2) is 9.84 Å². The molecule has 0 saturated heterocycles. The molecule has 1 atom stereocenters. The summed E-state index contributed by atoms with van der Waals surface area (Å²) in [6.07, 6.45) is 7.98. The van der Waals surface area contributed by atoms with Gasteiger partial charge in [0.25, 0.3) is 0 Å². The van der Waals surface area contributed by atoms with Crippen molar-refractivity contribution < 1.29 is 12.8 Å². The first-order chi connectivity index (χ1) is 15.4. The Morgan fingerprint density at radius 1 is 0.938 bits per heavy atom. The van der Waals surface area contributed by atoms with E-state index >= 15 is 0 Å². The molecule has 4 aromatic rings. The summed E-state index contributed by atoms with van der Waals surface area (Å²) in [7, 11) is -3.44. The van der Waals surface area contributed by atoms with Crippen molar-refractivity contribution in [2.24, 2.45) is 0 Å². The second-order valence-electron chi connectivity index (χ2n) is 7.33. The molecule has 0 bridgehead atoms. The van der Waals surface area contributed by atoms with Crippen LogP contribution in [0.1, 0.15) is 22.6 Å². The smallest absolute Gasteiger partial charge is 0.216 e. The number of para-hydroxylation sites is 1. The zero-order chi connectivity index (χ0) is 22.6. The molecule has 4 rings (SSSR count). The summed E-state index contributed by atoms with van der Waals surface area (Å²) in [5.41, 5.74) is 2.52. The number of nitrogens with one attached hydrogen (secondary N) is 1. The molecular formula is C24H21FN4O2S. The number of hydrogen-bond donors (Lipinski definition) is 1. The first-order valence-electron chi connectivity index (χ1n) is 9.94. The van der Waals surface area contributed by atoms with Crippen LogP contribution < -0.4 is 5.32 Å². The molecular weight excluding hydrogens is 427 g/mol. The third-order valence-electron chi connectivity index (χ3n) is 5.11. The predicted octanol–water partition coefficient (Wildman–Crippen LogP) is 4.53. The quantitative estimate of drug-likeness (QED) is 0.418. The average molecular weight is 449 g/mol. The van der Waals surface area contributed by atoms with Gasteiger partial charge in [-0.1, -0.05) is 30.3 Å².